The van der Waals surface area contributed by atoms with Crippen molar-refractivity contribution in [2.24, 2.45) is 10.7 Å². The molecule has 0 bridgehead atoms. The molecular weight excluding hydrogens is 443 g/mol. The lowest BCUT2D eigenvalue weighted by Gasteiger charge is -2.08. The molecule has 0 radical (unpaired) electrons. The smallest absolute Gasteiger partial charge is 0.219 e. The first kappa shape index (κ1) is 21.8. The van der Waals surface area contributed by atoms with E-state index >= 15 is 0 Å². The maximum absolute atomic E-state index is 5.81. The van der Waals surface area contributed by atoms with Crippen LogP contribution in [0, 0.1) is 0 Å². The van der Waals surface area contributed by atoms with Crippen molar-refractivity contribution in [1.82, 2.24) is 10.3 Å². The molecule has 26 heavy (non-hydrogen) atoms. The number of aromatic nitrogens is 1. The van der Waals surface area contributed by atoms with Crippen molar-refractivity contribution in [3.8, 4) is 17.4 Å². The first-order valence-corrected chi connectivity index (χ1v) is 8.10. The van der Waals surface area contributed by atoms with Crippen LogP contribution in [0.2, 0.25) is 0 Å². The quantitative estimate of drug-likeness (QED) is 0.266. The molecule has 7 heteroatoms. The van der Waals surface area contributed by atoms with Crippen molar-refractivity contribution >= 4 is 29.9 Å². The number of benzene rings is 1. The standard InChI is InChI=1S/C19H24N4O2.HI/c1-4-24-16-5-7-17(8-6-16)25-18-11-15(9-10-21-18)13-23-19(20)22-12-14(2)3;/h5-11H,2,4,12-13H2,1,3H3,(H3,20,22,23);1H. The summed E-state index contributed by atoms with van der Waals surface area (Å²) in [6, 6.07) is 11.1. The topological polar surface area (TPSA) is 81.8 Å². The molecule has 0 aliphatic heterocycles. The number of rotatable bonds is 8. The van der Waals surface area contributed by atoms with E-state index in [1.807, 2.05) is 50.2 Å². The van der Waals surface area contributed by atoms with Crippen LogP contribution in [-0.4, -0.2) is 24.1 Å². The molecule has 0 amide bonds. The maximum Gasteiger partial charge on any atom is 0.219 e. The van der Waals surface area contributed by atoms with Gasteiger partial charge in [0.05, 0.1) is 13.2 Å². The summed E-state index contributed by atoms with van der Waals surface area (Å²) >= 11 is 0. The average Bonchev–Trinajstić information content (AvgIpc) is 2.60. The number of nitrogens with one attached hydrogen (secondary N) is 1. The Morgan fingerprint density at radius 2 is 1.92 bits per heavy atom. The number of pyridine rings is 1. The van der Waals surface area contributed by atoms with Gasteiger partial charge in [0.25, 0.3) is 0 Å². The van der Waals surface area contributed by atoms with Gasteiger partial charge in [-0.2, -0.15) is 0 Å². The van der Waals surface area contributed by atoms with Crippen molar-refractivity contribution in [3.63, 3.8) is 0 Å². The Morgan fingerprint density at radius 3 is 2.58 bits per heavy atom. The Kier molecular flexibility index (Phi) is 9.50. The zero-order valence-corrected chi connectivity index (χ0v) is 17.4. The molecule has 0 spiro atoms. The Bertz CT molecular complexity index is 733. The zero-order valence-electron chi connectivity index (χ0n) is 15.1. The van der Waals surface area contributed by atoms with Gasteiger partial charge >= 0.3 is 0 Å². The predicted octanol–water partition coefficient (Wildman–Crippen LogP) is 3.87. The minimum Gasteiger partial charge on any atom is -0.494 e. The summed E-state index contributed by atoms with van der Waals surface area (Å²) in [5.41, 5.74) is 7.76. The van der Waals surface area contributed by atoms with Crippen LogP contribution in [0.3, 0.4) is 0 Å². The van der Waals surface area contributed by atoms with E-state index in [0.717, 1.165) is 16.9 Å². The molecule has 1 aromatic carbocycles. The Labute approximate surface area is 171 Å². The lowest BCUT2D eigenvalue weighted by Crippen LogP contribution is -2.32. The van der Waals surface area contributed by atoms with Gasteiger partial charge in [0.2, 0.25) is 5.88 Å². The molecule has 0 fully saturated rings. The van der Waals surface area contributed by atoms with Crippen molar-refractivity contribution in [2.45, 2.75) is 20.4 Å². The molecule has 0 aliphatic carbocycles. The summed E-state index contributed by atoms with van der Waals surface area (Å²) in [5.74, 6) is 2.39. The molecular formula is C19H25IN4O2. The molecule has 0 unspecified atom stereocenters. The van der Waals surface area contributed by atoms with Crippen molar-refractivity contribution in [1.29, 1.82) is 0 Å². The molecule has 0 saturated carbocycles. The van der Waals surface area contributed by atoms with Crippen LogP contribution >= 0.6 is 24.0 Å². The third-order valence-electron chi connectivity index (χ3n) is 3.16. The fourth-order valence-corrected chi connectivity index (χ4v) is 1.97. The van der Waals surface area contributed by atoms with E-state index in [1.54, 1.807) is 6.20 Å². The summed E-state index contributed by atoms with van der Waals surface area (Å²) in [7, 11) is 0. The summed E-state index contributed by atoms with van der Waals surface area (Å²) in [6.45, 7) is 9.36. The summed E-state index contributed by atoms with van der Waals surface area (Å²) < 4.78 is 11.2. The van der Waals surface area contributed by atoms with Crippen molar-refractivity contribution in [2.75, 3.05) is 13.2 Å². The van der Waals surface area contributed by atoms with Gasteiger partial charge in [0.15, 0.2) is 5.96 Å². The Hall–Kier alpha value is -2.29. The van der Waals surface area contributed by atoms with Crippen LogP contribution in [-0.2, 0) is 6.54 Å². The van der Waals surface area contributed by atoms with E-state index < -0.39 is 0 Å². The van der Waals surface area contributed by atoms with E-state index in [-0.39, 0.29) is 24.0 Å². The fourth-order valence-electron chi connectivity index (χ4n) is 1.97. The van der Waals surface area contributed by atoms with Crippen molar-refractivity contribution < 1.29 is 9.47 Å². The van der Waals surface area contributed by atoms with Gasteiger partial charge in [0.1, 0.15) is 11.5 Å². The molecule has 3 N–H and O–H groups in total. The van der Waals surface area contributed by atoms with Gasteiger partial charge in [-0.3, -0.25) is 0 Å². The summed E-state index contributed by atoms with van der Waals surface area (Å²) in [4.78, 5) is 8.51. The van der Waals surface area contributed by atoms with Crippen LogP contribution in [0.15, 0.2) is 59.7 Å². The number of halogens is 1. The van der Waals surface area contributed by atoms with Gasteiger partial charge in [0, 0.05) is 18.8 Å². The van der Waals surface area contributed by atoms with Gasteiger partial charge in [-0.25, -0.2) is 9.98 Å². The third kappa shape index (κ3) is 7.73. The number of aliphatic imine (C=N–C) groups is 1. The number of hydrogen-bond acceptors (Lipinski definition) is 4. The average molecular weight is 468 g/mol. The first-order valence-electron chi connectivity index (χ1n) is 8.10. The Balaban J connectivity index is 0.00000338. The summed E-state index contributed by atoms with van der Waals surface area (Å²) in [5, 5.41) is 2.99. The van der Waals surface area contributed by atoms with Gasteiger partial charge in [-0.05, 0) is 49.7 Å². The summed E-state index contributed by atoms with van der Waals surface area (Å²) in [6.07, 6.45) is 1.69. The minimum absolute atomic E-state index is 0. The van der Waals surface area contributed by atoms with Crippen LogP contribution in [0.5, 0.6) is 17.4 Å². The normalized spacial score (nSPS) is 10.6. The van der Waals surface area contributed by atoms with Crippen LogP contribution in [0.1, 0.15) is 19.4 Å². The molecule has 0 saturated heterocycles. The largest absolute Gasteiger partial charge is 0.494 e. The lowest BCUT2D eigenvalue weighted by molar-refractivity contribution is 0.339. The number of nitrogens with two attached hydrogens (primary N) is 1. The maximum atomic E-state index is 5.81. The highest BCUT2D eigenvalue weighted by Gasteiger charge is 2.02. The van der Waals surface area contributed by atoms with Crippen LogP contribution in [0.4, 0.5) is 0 Å². The van der Waals surface area contributed by atoms with E-state index in [9.17, 15) is 0 Å². The Morgan fingerprint density at radius 1 is 1.23 bits per heavy atom. The van der Waals surface area contributed by atoms with Crippen molar-refractivity contribution in [3.05, 3.63) is 60.3 Å². The third-order valence-corrected chi connectivity index (χ3v) is 3.16. The van der Waals surface area contributed by atoms with E-state index in [0.29, 0.717) is 37.3 Å². The molecule has 1 aromatic heterocycles. The number of nitrogens with zero attached hydrogens (tertiary/aromatic N) is 2. The number of guanidine groups is 1. The second kappa shape index (κ2) is 11.3. The van der Waals surface area contributed by atoms with Gasteiger partial charge in [-0.1, -0.05) is 12.2 Å². The minimum atomic E-state index is 0. The molecule has 0 aliphatic rings. The van der Waals surface area contributed by atoms with Crippen LogP contribution in [0.25, 0.3) is 0 Å². The molecule has 2 aromatic rings. The molecule has 140 valence electrons. The number of hydrogen-bond donors (Lipinski definition) is 2. The monoisotopic (exact) mass is 468 g/mol. The second-order valence-corrected chi connectivity index (χ2v) is 5.52. The highest BCUT2D eigenvalue weighted by molar-refractivity contribution is 14.0. The van der Waals surface area contributed by atoms with Gasteiger partial charge < -0.3 is 20.5 Å². The fraction of sp³-hybridized carbons (Fsp3) is 0.263. The molecule has 6 nitrogen and oxygen atoms in total. The first-order chi connectivity index (χ1) is 12.1. The molecule has 0 atom stereocenters. The van der Waals surface area contributed by atoms with E-state index in [2.05, 4.69) is 21.9 Å². The van der Waals surface area contributed by atoms with E-state index in [1.165, 1.54) is 0 Å². The number of ether oxygens (including phenoxy) is 2. The molecule has 2 rings (SSSR count). The van der Waals surface area contributed by atoms with E-state index in [4.69, 9.17) is 15.2 Å². The zero-order chi connectivity index (χ0) is 18.1. The van der Waals surface area contributed by atoms with Crippen LogP contribution < -0.4 is 20.5 Å². The van der Waals surface area contributed by atoms with Gasteiger partial charge in [-0.15, -0.1) is 24.0 Å². The lowest BCUT2D eigenvalue weighted by atomic mass is 10.2. The molecule has 1 heterocycles. The SMILES string of the molecule is C=C(C)CNC(N)=NCc1ccnc(Oc2ccc(OCC)cc2)c1.I. The predicted molar refractivity (Wildman–Crippen MR) is 115 cm³/mol. The highest BCUT2D eigenvalue weighted by atomic mass is 127. The second-order valence-electron chi connectivity index (χ2n) is 5.52. The highest BCUT2D eigenvalue weighted by Crippen LogP contribution is 2.23.